The van der Waals surface area contributed by atoms with Crippen molar-refractivity contribution >= 4 is 23.6 Å². The largest absolute Gasteiger partial charge is 0.335 e. The van der Waals surface area contributed by atoms with Gasteiger partial charge in [0, 0.05) is 42.8 Å². The maximum atomic E-state index is 12.8. The highest BCUT2D eigenvalue weighted by molar-refractivity contribution is 7.99. The van der Waals surface area contributed by atoms with E-state index in [9.17, 15) is 9.59 Å². The molecule has 26 heavy (non-hydrogen) atoms. The quantitative estimate of drug-likeness (QED) is 0.819. The summed E-state index contributed by atoms with van der Waals surface area (Å²) in [7, 11) is 0. The molecule has 2 aliphatic rings. The van der Waals surface area contributed by atoms with E-state index in [4.69, 9.17) is 0 Å². The van der Waals surface area contributed by atoms with Crippen LogP contribution in [0, 0.1) is 0 Å². The number of hydrogen-bond acceptors (Lipinski definition) is 4. The Hall–Kier alpha value is -2.34. The molecule has 4 rings (SSSR count). The van der Waals surface area contributed by atoms with Crippen molar-refractivity contribution in [2.75, 3.05) is 31.9 Å². The van der Waals surface area contributed by atoms with Gasteiger partial charge < -0.3 is 9.80 Å². The van der Waals surface area contributed by atoms with Crippen molar-refractivity contribution in [3.8, 4) is 0 Å². The number of carbonyl (C=O) groups excluding carboxylic acids is 2. The molecular weight excluding hydrogens is 346 g/mol. The molecule has 134 valence electrons. The van der Waals surface area contributed by atoms with Crippen LogP contribution >= 0.6 is 11.8 Å². The zero-order valence-corrected chi connectivity index (χ0v) is 15.4. The lowest BCUT2D eigenvalue weighted by molar-refractivity contribution is 0.0532. The van der Waals surface area contributed by atoms with Crippen LogP contribution in [0.5, 0.6) is 0 Å². The average molecular weight is 367 g/mol. The Bertz CT molecular complexity index is 817. The Labute approximate surface area is 157 Å². The molecule has 6 heteroatoms. The van der Waals surface area contributed by atoms with Crippen LogP contribution in [0.2, 0.25) is 0 Å². The summed E-state index contributed by atoms with van der Waals surface area (Å²) in [5, 5.41) is 0. The van der Waals surface area contributed by atoms with Gasteiger partial charge in [0.15, 0.2) is 0 Å². The van der Waals surface area contributed by atoms with Gasteiger partial charge in [-0.2, -0.15) is 0 Å². The van der Waals surface area contributed by atoms with Crippen LogP contribution in [0.25, 0.3) is 0 Å². The Balaban J connectivity index is 1.40. The summed E-state index contributed by atoms with van der Waals surface area (Å²) in [5.74, 6) is 1.16. The van der Waals surface area contributed by atoms with Gasteiger partial charge in [0.1, 0.15) is 5.69 Å². The number of aromatic nitrogens is 1. The van der Waals surface area contributed by atoms with Crippen LogP contribution < -0.4 is 0 Å². The van der Waals surface area contributed by atoms with Gasteiger partial charge in [-0.3, -0.25) is 14.6 Å². The minimum Gasteiger partial charge on any atom is -0.335 e. The maximum absolute atomic E-state index is 12.8. The third-order valence-electron chi connectivity index (χ3n) is 4.89. The highest BCUT2D eigenvalue weighted by atomic mass is 32.2. The minimum atomic E-state index is -0.0662. The molecule has 3 heterocycles. The first-order chi connectivity index (χ1) is 12.7. The van der Waals surface area contributed by atoms with Gasteiger partial charge in [0.25, 0.3) is 11.8 Å². The first kappa shape index (κ1) is 17.1. The fourth-order valence-electron chi connectivity index (χ4n) is 3.44. The molecule has 5 nitrogen and oxygen atoms in total. The first-order valence-corrected chi connectivity index (χ1v) is 9.96. The number of piperazine rings is 1. The van der Waals surface area contributed by atoms with Gasteiger partial charge in [-0.05, 0) is 54.5 Å². The Morgan fingerprint density at radius 1 is 0.962 bits per heavy atom. The summed E-state index contributed by atoms with van der Waals surface area (Å²) < 4.78 is 0. The normalized spacial score (nSPS) is 16.9. The predicted molar refractivity (Wildman–Crippen MR) is 102 cm³/mol. The van der Waals surface area contributed by atoms with E-state index in [1.165, 1.54) is 16.9 Å². The SMILES string of the molecule is O=C(c1ccc2c(c1)CCCS2)N1CCN(C(=O)c2ccccn2)CC1. The standard InChI is InChI=1S/C20H21N3O2S/c24-19(16-6-7-18-15(14-16)4-3-13-26-18)22-9-11-23(12-10-22)20(25)17-5-1-2-8-21-17/h1-2,5-8,14H,3-4,9-13H2. The molecule has 0 spiro atoms. The molecule has 1 saturated heterocycles. The Morgan fingerprint density at radius 3 is 2.46 bits per heavy atom. The van der Waals surface area contributed by atoms with Gasteiger partial charge in [-0.1, -0.05) is 6.07 Å². The molecule has 0 bridgehead atoms. The van der Waals surface area contributed by atoms with Gasteiger partial charge >= 0.3 is 0 Å². The van der Waals surface area contributed by atoms with E-state index in [-0.39, 0.29) is 11.8 Å². The van der Waals surface area contributed by atoms with Crippen LogP contribution in [0.4, 0.5) is 0 Å². The summed E-state index contributed by atoms with van der Waals surface area (Å²) in [6.45, 7) is 2.20. The molecular formula is C20H21N3O2S. The number of hydrogen-bond donors (Lipinski definition) is 0. The van der Waals surface area contributed by atoms with E-state index in [1.54, 1.807) is 23.2 Å². The molecule has 0 atom stereocenters. The molecule has 1 aromatic heterocycles. The van der Waals surface area contributed by atoms with E-state index >= 15 is 0 Å². The van der Waals surface area contributed by atoms with Gasteiger partial charge in [-0.15, -0.1) is 11.8 Å². The van der Waals surface area contributed by atoms with E-state index in [0.29, 0.717) is 31.9 Å². The lowest BCUT2D eigenvalue weighted by atomic mass is 10.0. The number of rotatable bonds is 2. The third kappa shape index (κ3) is 3.46. The van der Waals surface area contributed by atoms with Crippen molar-refractivity contribution in [3.63, 3.8) is 0 Å². The van der Waals surface area contributed by atoms with Crippen LogP contribution in [0.15, 0.2) is 47.5 Å². The first-order valence-electron chi connectivity index (χ1n) is 8.98. The Kier molecular flexibility index (Phi) is 4.93. The molecule has 2 amide bonds. The smallest absolute Gasteiger partial charge is 0.272 e. The van der Waals surface area contributed by atoms with Crippen molar-refractivity contribution in [2.45, 2.75) is 17.7 Å². The molecule has 0 unspecified atom stereocenters. The number of amides is 2. The highest BCUT2D eigenvalue weighted by Crippen LogP contribution is 2.30. The predicted octanol–water partition coefficient (Wildman–Crippen LogP) is 2.72. The minimum absolute atomic E-state index is 0.0632. The van der Waals surface area contributed by atoms with Crippen molar-refractivity contribution < 1.29 is 9.59 Å². The molecule has 0 aliphatic carbocycles. The topological polar surface area (TPSA) is 53.5 Å². The zero-order chi connectivity index (χ0) is 17.9. The van der Waals surface area contributed by atoms with Crippen LogP contribution in [0.1, 0.15) is 32.8 Å². The second kappa shape index (κ2) is 7.50. The zero-order valence-electron chi connectivity index (χ0n) is 14.6. The molecule has 0 N–H and O–H groups in total. The highest BCUT2D eigenvalue weighted by Gasteiger charge is 2.26. The van der Waals surface area contributed by atoms with Crippen molar-refractivity contribution in [2.24, 2.45) is 0 Å². The number of thioether (sulfide) groups is 1. The number of nitrogens with zero attached hydrogens (tertiary/aromatic N) is 3. The third-order valence-corrected chi connectivity index (χ3v) is 6.10. The lowest BCUT2D eigenvalue weighted by Crippen LogP contribution is -2.50. The van der Waals surface area contributed by atoms with Gasteiger partial charge in [0.05, 0.1) is 0 Å². The summed E-state index contributed by atoms with van der Waals surface area (Å²) in [6.07, 6.45) is 3.85. The number of fused-ring (bicyclic) bond motifs is 1. The molecule has 1 aromatic carbocycles. The Morgan fingerprint density at radius 2 is 1.73 bits per heavy atom. The van der Waals surface area contributed by atoms with E-state index < -0.39 is 0 Å². The number of benzene rings is 1. The number of aryl methyl sites for hydroxylation is 1. The van der Waals surface area contributed by atoms with Crippen molar-refractivity contribution in [1.82, 2.24) is 14.8 Å². The van der Waals surface area contributed by atoms with Crippen LogP contribution in [0.3, 0.4) is 0 Å². The molecule has 1 fully saturated rings. The molecule has 0 saturated carbocycles. The summed E-state index contributed by atoms with van der Waals surface area (Å²) in [6, 6.07) is 11.4. The molecule has 2 aliphatic heterocycles. The summed E-state index contributed by atoms with van der Waals surface area (Å²) in [4.78, 5) is 34.3. The van der Waals surface area contributed by atoms with E-state index in [1.807, 2.05) is 28.8 Å². The summed E-state index contributed by atoms with van der Waals surface area (Å²) >= 11 is 1.87. The fourth-order valence-corrected chi connectivity index (χ4v) is 4.46. The lowest BCUT2D eigenvalue weighted by Gasteiger charge is -2.34. The van der Waals surface area contributed by atoms with Crippen LogP contribution in [-0.2, 0) is 6.42 Å². The van der Waals surface area contributed by atoms with Crippen molar-refractivity contribution in [1.29, 1.82) is 0 Å². The van der Waals surface area contributed by atoms with Gasteiger partial charge in [0.2, 0.25) is 0 Å². The second-order valence-electron chi connectivity index (χ2n) is 6.57. The monoisotopic (exact) mass is 367 g/mol. The number of pyridine rings is 1. The maximum Gasteiger partial charge on any atom is 0.272 e. The van der Waals surface area contributed by atoms with E-state index in [0.717, 1.165) is 17.7 Å². The van der Waals surface area contributed by atoms with Gasteiger partial charge in [-0.25, -0.2) is 0 Å². The second-order valence-corrected chi connectivity index (χ2v) is 7.71. The van der Waals surface area contributed by atoms with Crippen molar-refractivity contribution in [3.05, 3.63) is 59.4 Å². The summed E-state index contributed by atoms with van der Waals surface area (Å²) in [5.41, 5.74) is 2.51. The van der Waals surface area contributed by atoms with Crippen LogP contribution in [-0.4, -0.2) is 58.5 Å². The fraction of sp³-hybridized carbons (Fsp3) is 0.350. The molecule has 0 radical (unpaired) electrons. The molecule has 2 aromatic rings. The van der Waals surface area contributed by atoms with E-state index in [2.05, 4.69) is 17.1 Å². The number of carbonyl (C=O) groups is 2. The average Bonchev–Trinajstić information content (AvgIpc) is 2.73.